The molecule has 6 nitrogen and oxygen atoms in total. The van der Waals surface area contributed by atoms with Gasteiger partial charge in [-0.3, -0.25) is 14.5 Å². The minimum absolute atomic E-state index is 0.228. The first kappa shape index (κ1) is 18.0. The van der Waals surface area contributed by atoms with Crippen LogP contribution in [0.2, 0.25) is 0 Å². The molecule has 0 spiro atoms. The van der Waals surface area contributed by atoms with Gasteiger partial charge in [-0.1, -0.05) is 42.7 Å². The molecule has 1 heterocycles. The van der Waals surface area contributed by atoms with Crippen LogP contribution in [0.15, 0.2) is 35.8 Å². The van der Waals surface area contributed by atoms with Crippen molar-refractivity contribution in [2.45, 2.75) is 0 Å². The molecule has 126 valence electrons. The predicted octanol–water partition coefficient (Wildman–Crippen LogP) is 2.55. The summed E-state index contributed by atoms with van der Waals surface area (Å²) in [5.74, 6) is -0.448. The van der Waals surface area contributed by atoms with E-state index in [2.05, 4.69) is 6.58 Å². The number of amides is 1. The van der Waals surface area contributed by atoms with Crippen molar-refractivity contribution in [1.29, 1.82) is 0 Å². The molecule has 0 bridgehead atoms. The third-order valence-corrected chi connectivity index (χ3v) is 4.39. The molecule has 0 atom stereocenters. The number of methoxy groups -OCH3 is 1. The second kappa shape index (κ2) is 7.98. The van der Waals surface area contributed by atoms with Gasteiger partial charge in [0.15, 0.2) is 11.5 Å². The molecule has 1 aliphatic heterocycles. The maximum atomic E-state index is 12.2. The Morgan fingerprint density at radius 2 is 2.21 bits per heavy atom. The van der Waals surface area contributed by atoms with Crippen LogP contribution in [0.5, 0.6) is 11.5 Å². The molecule has 1 aromatic carbocycles. The Balaban J connectivity index is 2.25. The highest BCUT2D eigenvalue weighted by molar-refractivity contribution is 8.26. The number of carboxylic acids is 1. The highest BCUT2D eigenvalue weighted by Gasteiger charge is 2.33. The summed E-state index contributed by atoms with van der Waals surface area (Å²) in [6.07, 6.45) is 3.27. The van der Waals surface area contributed by atoms with Crippen molar-refractivity contribution in [3.63, 3.8) is 0 Å². The molecular formula is C16H15NO5S2. The summed E-state index contributed by atoms with van der Waals surface area (Å²) >= 11 is 6.13. The fourth-order valence-electron chi connectivity index (χ4n) is 1.96. The van der Waals surface area contributed by atoms with Crippen molar-refractivity contribution in [3.8, 4) is 11.5 Å². The zero-order valence-corrected chi connectivity index (χ0v) is 14.5. The zero-order chi connectivity index (χ0) is 17.7. The summed E-state index contributed by atoms with van der Waals surface area (Å²) in [5.41, 5.74) is 0.716. The summed E-state index contributed by atoms with van der Waals surface area (Å²) in [5, 5.41) is 8.84. The maximum absolute atomic E-state index is 12.2. The van der Waals surface area contributed by atoms with E-state index in [0.29, 0.717) is 28.6 Å². The number of nitrogens with zero attached hydrogens (tertiary/aromatic N) is 1. The monoisotopic (exact) mass is 365 g/mol. The average molecular weight is 365 g/mol. The lowest BCUT2D eigenvalue weighted by Gasteiger charge is -2.10. The lowest BCUT2D eigenvalue weighted by molar-refractivity contribution is -0.140. The molecule has 24 heavy (non-hydrogen) atoms. The van der Waals surface area contributed by atoms with E-state index in [0.717, 1.165) is 16.7 Å². The number of hydrogen-bond acceptors (Lipinski definition) is 6. The van der Waals surface area contributed by atoms with Crippen LogP contribution < -0.4 is 9.47 Å². The van der Waals surface area contributed by atoms with Gasteiger partial charge in [-0.25, -0.2) is 0 Å². The van der Waals surface area contributed by atoms with Crippen molar-refractivity contribution >= 4 is 46.3 Å². The quantitative estimate of drug-likeness (QED) is 0.452. The van der Waals surface area contributed by atoms with Gasteiger partial charge in [-0.2, -0.15) is 0 Å². The van der Waals surface area contributed by atoms with Crippen LogP contribution in [-0.2, 0) is 9.59 Å². The topological polar surface area (TPSA) is 76.1 Å². The van der Waals surface area contributed by atoms with E-state index in [1.807, 2.05) is 0 Å². The van der Waals surface area contributed by atoms with Crippen LogP contribution >= 0.6 is 24.0 Å². The zero-order valence-electron chi connectivity index (χ0n) is 12.9. The number of ether oxygens (including phenoxy) is 2. The standard InChI is InChI=1S/C16H15NO5S2/c1-3-6-22-11-5-4-10(7-12(11)21-2)8-13-15(20)17(9-14(18)19)16(23)24-13/h3-5,7-8H,1,6,9H2,2H3,(H,18,19)/b13-8+. The summed E-state index contributed by atoms with van der Waals surface area (Å²) in [6.45, 7) is 3.49. The van der Waals surface area contributed by atoms with Crippen LogP contribution in [0.3, 0.4) is 0 Å². The molecule has 8 heteroatoms. The van der Waals surface area contributed by atoms with E-state index in [1.165, 1.54) is 7.11 Å². The summed E-state index contributed by atoms with van der Waals surface area (Å²) < 4.78 is 11.0. The number of rotatable bonds is 7. The van der Waals surface area contributed by atoms with E-state index in [-0.39, 0.29) is 4.32 Å². The van der Waals surface area contributed by atoms with Gasteiger partial charge >= 0.3 is 5.97 Å². The Bertz CT molecular complexity index is 729. The summed E-state index contributed by atoms with van der Waals surface area (Å²) in [4.78, 5) is 24.5. The van der Waals surface area contributed by atoms with Gasteiger partial charge in [0.1, 0.15) is 17.5 Å². The number of benzene rings is 1. The van der Waals surface area contributed by atoms with Gasteiger partial charge in [0.2, 0.25) is 0 Å². The molecule has 1 saturated heterocycles. The van der Waals surface area contributed by atoms with Crippen LogP contribution in [0, 0.1) is 0 Å². The van der Waals surface area contributed by atoms with E-state index in [4.69, 9.17) is 26.8 Å². The third-order valence-electron chi connectivity index (χ3n) is 3.01. The molecule has 1 aromatic rings. The Morgan fingerprint density at radius 3 is 2.83 bits per heavy atom. The van der Waals surface area contributed by atoms with Crippen molar-refractivity contribution in [1.82, 2.24) is 4.90 Å². The second-order valence-corrected chi connectivity index (χ2v) is 6.35. The molecule has 1 N–H and O–H groups in total. The van der Waals surface area contributed by atoms with Crippen molar-refractivity contribution < 1.29 is 24.2 Å². The maximum Gasteiger partial charge on any atom is 0.323 e. The Hall–Kier alpha value is -2.32. The lowest BCUT2D eigenvalue weighted by Crippen LogP contribution is -2.33. The highest BCUT2D eigenvalue weighted by atomic mass is 32.2. The molecule has 1 amide bonds. The molecule has 0 saturated carbocycles. The fraction of sp³-hybridized carbons (Fsp3) is 0.188. The number of thioether (sulfide) groups is 1. The van der Waals surface area contributed by atoms with Crippen LogP contribution in [0.25, 0.3) is 6.08 Å². The number of hydrogen-bond donors (Lipinski definition) is 1. The van der Waals surface area contributed by atoms with E-state index >= 15 is 0 Å². The largest absolute Gasteiger partial charge is 0.493 e. The van der Waals surface area contributed by atoms with Crippen LogP contribution in [0.4, 0.5) is 0 Å². The smallest absolute Gasteiger partial charge is 0.323 e. The number of thiocarbonyl (C=S) groups is 1. The van der Waals surface area contributed by atoms with Gasteiger partial charge in [0.25, 0.3) is 5.91 Å². The van der Waals surface area contributed by atoms with Crippen molar-refractivity contribution in [3.05, 3.63) is 41.3 Å². The van der Waals surface area contributed by atoms with Gasteiger partial charge < -0.3 is 14.6 Å². The molecule has 0 aliphatic carbocycles. The second-order valence-electron chi connectivity index (χ2n) is 4.67. The molecule has 0 unspecified atom stereocenters. The van der Waals surface area contributed by atoms with E-state index in [9.17, 15) is 9.59 Å². The molecule has 1 fully saturated rings. The number of carbonyl (C=O) groups is 2. The van der Waals surface area contributed by atoms with Gasteiger partial charge in [-0.05, 0) is 23.8 Å². The number of carboxylic acid groups (broad SMARTS) is 1. The minimum Gasteiger partial charge on any atom is -0.493 e. The molecule has 1 aliphatic rings. The Kier molecular flexibility index (Phi) is 5.99. The average Bonchev–Trinajstić information content (AvgIpc) is 2.80. The first-order valence-electron chi connectivity index (χ1n) is 6.85. The predicted molar refractivity (Wildman–Crippen MR) is 96.2 cm³/mol. The Labute approximate surface area is 148 Å². The highest BCUT2D eigenvalue weighted by Crippen LogP contribution is 2.34. The summed E-state index contributed by atoms with van der Waals surface area (Å²) in [7, 11) is 1.52. The van der Waals surface area contributed by atoms with Gasteiger partial charge in [-0.15, -0.1) is 0 Å². The van der Waals surface area contributed by atoms with E-state index < -0.39 is 18.4 Å². The number of carbonyl (C=O) groups excluding carboxylic acids is 1. The van der Waals surface area contributed by atoms with E-state index in [1.54, 1.807) is 30.4 Å². The van der Waals surface area contributed by atoms with Gasteiger partial charge in [0.05, 0.1) is 12.0 Å². The third kappa shape index (κ3) is 4.15. The van der Waals surface area contributed by atoms with Crippen molar-refractivity contribution in [2.75, 3.05) is 20.3 Å². The molecule has 2 rings (SSSR count). The SMILES string of the molecule is C=CCOc1ccc(/C=C2/SC(=S)N(CC(=O)O)C2=O)cc1OC. The lowest BCUT2D eigenvalue weighted by atomic mass is 10.2. The fourth-order valence-corrected chi connectivity index (χ4v) is 3.22. The molecular weight excluding hydrogens is 350 g/mol. The van der Waals surface area contributed by atoms with Crippen LogP contribution in [-0.4, -0.2) is 46.5 Å². The first-order chi connectivity index (χ1) is 11.5. The minimum atomic E-state index is -1.11. The summed E-state index contributed by atoms with van der Waals surface area (Å²) in [6, 6.07) is 5.22. The Morgan fingerprint density at radius 1 is 1.46 bits per heavy atom. The number of aliphatic carboxylic acids is 1. The van der Waals surface area contributed by atoms with Crippen LogP contribution in [0.1, 0.15) is 5.56 Å². The van der Waals surface area contributed by atoms with Crippen molar-refractivity contribution in [2.24, 2.45) is 0 Å². The van der Waals surface area contributed by atoms with Gasteiger partial charge in [0, 0.05) is 0 Å². The normalized spacial score (nSPS) is 15.7. The first-order valence-corrected chi connectivity index (χ1v) is 8.07. The molecule has 0 aromatic heterocycles. The molecule has 0 radical (unpaired) electrons.